The number of nitrogens with zero attached hydrogens (tertiary/aromatic N) is 2. The predicted octanol–water partition coefficient (Wildman–Crippen LogP) is 1.11. The Hall–Kier alpha value is -0.300. The summed E-state index contributed by atoms with van der Waals surface area (Å²) < 4.78 is 1.23. The molecule has 0 saturated carbocycles. The summed E-state index contributed by atoms with van der Waals surface area (Å²) in [6.07, 6.45) is 3.11. The molecule has 0 aromatic carbocycles. The van der Waals surface area contributed by atoms with E-state index in [1.165, 1.54) is 30.3 Å². The number of thiazole rings is 1. The highest BCUT2D eigenvalue weighted by molar-refractivity contribution is 8.01. The first-order chi connectivity index (χ1) is 7.84. The molecule has 6 heteroatoms. The van der Waals surface area contributed by atoms with Crippen molar-refractivity contribution in [1.29, 1.82) is 0 Å². The van der Waals surface area contributed by atoms with E-state index in [9.17, 15) is 0 Å². The van der Waals surface area contributed by atoms with Gasteiger partial charge in [-0.2, -0.15) is 0 Å². The summed E-state index contributed by atoms with van der Waals surface area (Å²) in [7, 11) is 0. The largest absolute Gasteiger partial charge is 0.375 e. The van der Waals surface area contributed by atoms with E-state index in [4.69, 9.17) is 5.73 Å². The van der Waals surface area contributed by atoms with Gasteiger partial charge in [-0.1, -0.05) is 11.3 Å². The second-order valence-corrected chi connectivity index (χ2v) is 6.27. The van der Waals surface area contributed by atoms with Crippen LogP contribution in [-0.4, -0.2) is 48.4 Å². The minimum Gasteiger partial charge on any atom is -0.375 e. The van der Waals surface area contributed by atoms with Gasteiger partial charge in [0, 0.05) is 31.9 Å². The van der Waals surface area contributed by atoms with Crippen LogP contribution in [0.5, 0.6) is 0 Å². The molecule has 1 aromatic rings. The second-order valence-electron chi connectivity index (χ2n) is 3.81. The van der Waals surface area contributed by atoms with Crippen LogP contribution in [-0.2, 0) is 0 Å². The van der Waals surface area contributed by atoms with Gasteiger partial charge in [0.15, 0.2) is 5.13 Å². The lowest BCUT2D eigenvalue weighted by Gasteiger charge is -2.26. The zero-order valence-electron chi connectivity index (χ0n) is 9.32. The quantitative estimate of drug-likeness (QED) is 0.612. The van der Waals surface area contributed by atoms with Crippen molar-refractivity contribution in [3.63, 3.8) is 0 Å². The predicted molar refractivity (Wildman–Crippen MR) is 71.2 cm³/mol. The maximum Gasteiger partial charge on any atom is 0.181 e. The fourth-order valence-corrected chi connectivity index (χ4v) is 3.50. The number of piperazine rings is 1. The Morgan fingerprint density at radius 2 is 2.31 bits per heavy atom. The van der Waals surface area contributed by atoms with Crippen molar-refractivity contribution < 1.29 is 0 Å². The summed E-state index contributed by atoms with van der Waals surface area (Å²) in [6, 6.07) is 0. The van der Waals surface area contributed by atoms with Gasteiger partial charge in [-0.25, -0.2) is 4.98 Å². The van der Waals surface area contributed by atoms with Crippen LogP contribution in [0.1, 0.15) is 6.42 Å². The van der Waals surface area contributed by atoms with Crippen LogP contribution < -0.4 is 11.1 Å². The molecule has 0 spiro atoms. The van der Waals surface area contributed by atoms with E-state index in [1.807, 2.05) is 18.0 Å². The molecule has 0 unspecified atom stereocenters. The molecular weight excluding hydrogens is 240 g/mol. The zero-order valence-corrected chi connectivity index (χ0v) is 10.9. The summed E-state index contributed by atoms with van der Waals surface area (Å²) in [5.41, 5.74) is 5.58. The molecule has 1 aliphatic rings. The smallest absolute Gasteiger partial charge is 0.181 e. The lowest BCUT2D eigenvalue weighted by Crippen LogP contribution is -2.43. The van der Waals surface area contributed by atoms with Crippen molar-refractivity contribution in [2.24, 2.45) is 0 Å². The molecule has 0 atom stereocenters. The SMILES string of the molecule is Nc1ncc(SCCCN2CCNCC2)s1. The molecule has 3 N–H and O–H groups in total. The van der Waals surface area contributed by atoms with Gasteiger partial charge in [-0.05, 0) is 13.0 Å². The van der Waals surface area contributed by atoms with Gasteiger partial charge >= 0.3 is 0 Å². The molecule has 1 fully saturated rings. The third-order valence-electron chi connectivity index (χ3n) is 2.57. The number of rotatable bonds is 5. The monoisotopic (exact) mass is 258 g/mol. The summed E-state index contributed by atoms with van der Waals surface area (Å²) >= 11 is 3.44. The minimum atomic E-state index is 0.671. The van der Waals surface area contributed by atoms with Crippen molar-refractivity contribution in [3.8, 4) is 0 Å². The standard InChI is InChI=1S/C10H18N4S2/c11-10-13-8-9(16-10)15-7-1-4-14-5-2-12-3-6-14/h8,12H,1-7H2,(H2,11,13). The summed E-state index contributed by atoms with van der Waals surface area (Å²) in [4.78, 5) is 6.57. The van der Waals surface area contributed by atoms with Crippen molar-refractivity contribution in [2.75, 3.05) is 44.2 Å². The molecule has 2 heterocycles. The van der Waals surface area contributed by atoms with Crippen LogP contribution in [0.25, 0.3) is 0 Å². The lowest BCUT2D eigenvalue weighted by atomic mass is 10.3. The Kier molecular flexibility index (Phi) is 4.90. The number of hydrogen-bond acceptors (Lipinski definition) is 6. The second kappa shape index (κ2) is 6.44. The maximum absolute atomic E-state index is 5.58. The first-order valence-corrected chi connectivity index (χ1v) is 7.42. The Morgan fingerprint density at radius 1 is 1.50 bits per heavy atom. The average Bonchev–Trinajstić information content (AvgIpc) is 2.72. The van der Waals surface area contributed by atoms with Gasteiger partial charge in [0.2, 0.25) is 0 Å². The molecule has 90 valence electrons. The molecule has 0 amide bonds. The Balaban J connectivity index is 1.57. The van der Waals surface area contributed by atoms with Gasteiger partial charge < -0.3 is 16.0 Å². The molecule has 1 aromatic heterocycles. The molecule has 0 radical (unpaired) electrons. The third-order valence-corrected chi connectivity index (χ3v) is 4.68. The average molecular weight is 258 g/mol. The van der Waals surface area contributed by atoms with Gasteiger partial charge in [0.05, 0.1) is 10.4 Å². The van der Waals surface area contributed by atoms with Crippen LogP contribution in [0, 0.1) is 0 Å². The zero-order chi connectivity index (χ0) is 11.2. The molecule has 0 bridgehead atoms. The number of nitrogens with one attached hydrogen (secondary N) is 1. The molecule has 0 aliphatic carbocycles. The number of nitrogen functional groups attached to an aromatic ring is 1. The summed E-state index contributed by atoms with van der Waals surface area (Å²) in [5.74, 6) is 1.16. The fourth-order valence-electron chi connectivity index (χ4n) is 1.73. The van der Waals surface area contributed by atoms with Crippen LogP contribution >= 0.6 is 23.1 Å². The number of nitrogens with two attached hydrogens (primary N) is 1. The van der Waals surface area contributed by atoms with E-state index in [-0.39, 0.29) is 0 Å². The van der Waals surface area contributed by atoms with E-state index >= 15 is 0 Å². The van der Waals surface area contributed by atoms with Crippen molar-refractivity contribution in [1.82, 2.24) is 15.2 Å². The van der Waals surface area contributed by atoms with Gasteiger partial charge in [-0.15, -0.1) is 11.8 Å². The highest BCUT2D eigenvalue weighted by Crippen LogP contribution is 2.26. The third kappa shape index (κ3) is 3.93. The van der Waals surface area contributed by atoms with Crippen LogP contribution in [0.2, 0.25) is 0 Å². The van der Waals surface area contributed by atoms with Crippen LogP contribution in [0.4, 0.5) is 5.13 Å². The van der Waals surface area contributed by atoms with E-state index in [1.54, 1.807) is 11.3 Å². The van der Waals surface area contributed by atoms with Crippen molar-refractivity contribution >= 4 is 28.2 Å². The molecule has 1 aliphatic heterocycles. The molecular formula is C10H18N4S2. The Labute approximate surface area is 105 Å². The van der Waals surface area contributed by atoms with E-state index < -0.39 is 0 Å². The van der Waals surface area contributed by atoms with Crippen molar-refractivity contribution in [3.05, 3.63) is 6.20 Å². The van der Waals surface area contributed by atoms with Gasteiger partial charge in [-0.3, -0.25) is 0 Å². The first-order valence-electron chi connectivity index (χ1n) is 5.62. The lowest BCUT2D eigenvalue weighted by molar-refractivity contribution is 0.242. The topological polar surface area (TPSA) is 54.2 Å². The van der Waals surface area contributed by atoms with Gasteiger partial charge in [0.1, 0.15) is 0 Å². The number of anilines is 1. The van der Waals surface area contributed by atoms with Crippen LogP contribution in [0.3, 0.4) is 0 Å². The Bertz CT molecular complexity index is 310. The summed E-state index contributed by atoms with van der Waals surface area (Å²) in [5, 5.41) is 4.04. The van der Waals surface area contributed by atoms with Gasteiger partial charge in [0.25, 0.3) is 0 Å². The normalized spacial score (nSPS) is 17.8. The summed E-state index contributed by atoms with van der Waals surface area (Å²) in [6.45, 7) is 5.87. The molecule has 2 rings (SSSR count). The number of aromatic nitrogens is 1. The first kappa shape index (κ1) is 12.2. The molecule has 1 saturated heterocycles. The number of hydrogen-bond donors (Lipinski definition) is 2. The van der Waals surface area contributed by atoms with E-state index in [2.05, 4.69) is 15.2 Å². The molecule has 16 heavy (non-hydrogen) atoms. The van der Waals surface area contributed by atoms with Crippen molar-refractivity contribution in [2.45, 2.75) is 10.6 Å². The minimum absolute atomic E-state index is 0.671. The highest BCUT2D eigenvalue weighted by Gasteiger charge is 2.08. The number of thioether (sulfide) groups is 1. The van der Waals surface area contributed by atoms with E-state index in [0.717, 1.165) is 18.8 Å². The Morgan fingerprint density at radius 3 is 3.00 bits per heavy atom. The highest BCUT2D eigenvalue weighted by atomic mass is 32.2. The maximum atomic E-state index is 5.58. The van der Waals surface area contributed by atoms with Crippen LogP contribution in [0.15, 0.2) is 10.4 Å². The fraction of sp³-hybridized carbons (Fsp3) is 0.700. The van der Waals surface area contributed by atoms with E-state index in [0.29, 0.717) is 5.13 Å². The molecule has 4 nitrogen and oxygen atoms in total.